The molecule has 27 heavy (non-hydrogen) atoms. The van der Waals surface area contributed by atoms with Crippen molar-refractivity contribution < 1.29 is 23.9 Å². The largest absolute Gasteiger partial charge is 0.454 e. The van der Waals surface area contributed by atoms with Crippen molar-refractivity contribution in [3.63, 3.8) is 0 Å². The first-order valence-electron chi connectivity index (χ1n) is 8.50. The van der Waals surface area contributed by atoms with Gasteiger partial charge in [-0.3, -0.25) is 14.4 Å². The summed E-state index contributed by atoms with van der Waals surface area (Å²) >= 11 is 0. The van der Waals surface area contributed by atoms with Crippen molar-refractivity contribution in [3.8, 4) is 11.5 Å². The molecule has 138 valence electrons. The molecule has 2 aliphatic heterocycles. The Balaban J connectivity index is 1.36. The molecule has 3 N–H and O–H groups in total. The summed E-state index contributed by atoms with van der Waals surface area (Å²) < 4.78 is 10.5. The smallest absolute Gasteiger partial charge is 0.254 e. The first-order valence-corrected chi connectivity index (χ1v) is 8.50. The Kier molecular flexibility index (Phi) is 4.37. The van der Waals surface area contributed by atoms with Crippen LogP contribution in [0.25, 0.3) is 0 Å². The van der Waals surface area contributed by atoms with Gasteiger partial charge in [0, 0.05) is 18.2 Å². The summed E-state index contributed by atoms with van der Waals surface area (Å²) in [5.74, 6) is 0.248. The van der Waals surface area contributed by atoms with E-state index in [9.17, 15) is 14.4 Å². The van der Waals surface area contributed by atoms with Gasteiger partial charge in [-0.05, 0) is 30.7 Å². The van der Waals surface area contributed by atoms with Crippen molar-refractivity contribution in [2.24, 2.45) is 0 Å². The summed E-state index contributed by atoms with van der Waals surface area (Å²) in [5.41, 5.74) is 1.44. The highest BCUT2D eigenvalue weighted by molar-refractivity contribution is 6.10. The van der Waals surface area contributed by atoms with E-state index in [1.54, 1.807) is 42.5 Å². The van der Waals surface area contributed by atoms with Gasteiger partial charge in [0.1, 0.15) is 6.04 Å². The maximum Gasteiger partial charge on any atom is 0.254 e. The minimum Gasteiger partial charge on any atom is -0.454 e. The van der Waals surface area contributed by atoms with Gasteiger partial charge in [-0.1, -0.05) is 12.1 Å². The Morgan fingerprint density at radius 3 is 2.81 bits per heavy atom. The lowest BCUT2D eigenvalue weighted by molar-refractivity contribution is -0.118. The second-order valence-electron chi connectivity index (χ2n) is 6.22. The predicted molar refractivity (Wildman–Crippen MR) is 96.8 cm³/mol. The number of para-hydroxylation sites is 1. The SMILES string of the molecule is O=C(CC[C@H]1NC(=O)c2ccccc2NC1=O)Nc1ccc2c(c1)OCO2. The second-order valence-corrected chi connectivity index (χ2v) is 6.22. The van der Waals surface area contributed by atoms with Crippen molar-refractivity contribution in [1.82, 2.24) is 5.32 Å². The molecule has 0 saturated carbocycles. The molecule has 2 aromatic rings. The van der Waals surface area contributed by atoms with E-state index < -0.39 is 6.04 Å². The minimum atomic E-state index is -0.785. The molecular formula is C19H17N3O5. The number of anilines is 2. The van der Waals surface area contributed by atoms with Crippen LogP contribution < -0.4 is 25.4 Å². The molecule has 4 rings (SSSR count). The number of amides is 3. The van der Waals surface area contributed by atoms with Gasteiger partial charge >= 0.3 is 0 Å². The lowest BCUT2D eigenvalue weighted by Gasteiger charge is -2.14. The number of carbonyl (C=O) groups excluding carboxylic acids is 3. The van der Waals surface area contributed by atoms with Crippen LogP contribution in [0.2, 0.25) is 0 Å². The Hall–Kier alpha value is -3.55. The maximum absolute atomic E-state index is 12.3. The topological polar surface area (TPSA) is 106 Å². The van der Waals surface area contributed by atoms with E-state index in [0.29, 0.717) is 28.4 Å². The number of carbonyl (C=O) groups is 3. The Labute approximate surface area is 154 Å². The third-order valence-corrected chi connectivity index (χ3v) is 4.37. The van der Waals surface area contributed by atoms with E-state index >= 15 is 0 Å². The number of rotatable bonds is 4. The van der Waals surface area contributed by atoms with Crippen LogP contribution in [0.3, 0.4) is 0 Å². The van der Waals surface area contributed by atoms with Gasteiger partial charge < -0.3 is 25.4 Å². The Morgan fingerprint density at radius 2 is 1.93 bits per heavy atom. The zero-order valence-corrected chi connectivity index (χ0v) is 14.3. The molecule has 0 unspecified atom stereocenters. The second kappa shape index (κ2) is 6.99. The fourth-order valence-electron chi connectivity index (χ4n) is 2.99. The van der Waals surface area contributed by atoms with Crippen LogP contribution in [0.4, 0.5) is 11.4 Å². The van der Waals surface area contributed by atoms with E-state index in [0.717, 1.165) is 0 Å². The van der Waals surface area contributed by atoms with Gasteiger partial charge in [0.25, 0.3) is 5.91 Å². The third-order valence-electron chi connectivity index (χ3n) is 4.37. The molecule has 8 nitrogen and oxygen atoms in total. The molecule has 0 radical (unpaired) electrons. The molecule has 0 saturated heterocycles. The summed E-state index contributed by atoms with van der Waals surface area (Å²) in [7, 11) is 0. The average Bonchev–Trinajstić information content (AvgIpc) is 3.08. The van der Waals surface area contributed by atoms with Gasteiger partial charge in [0.2, 0.25) is 18.6 Å². The number of benzene rings is 2. The zero-order chi connectivity index (χ0) is 18.8. The van der Waals surface area contributed by atoms with Crippen LogP contribution >= 0.6 is 0 Å². The van der Waals surface area contributed by atoms with E-state index in [4.69, 9.17) is 9.47 Å². The number of nitrogens with one attached hydrogen (secondary N) is 3. The van der Waals surface area contributed by atoms with Crippen molar-refractivity contribution in [2.45, 2.75) is 18.9 Å². The van der Waals surface area contributed by atoms with E-state index in [1.165, 1.54) is 0 Å². The van der Waals surface area contributed by atoms with Gasteiger partial charge in [-0.15, -0.1) is 0 Å². The van der Waals surface area contributed by atoms with Crippen LogP contribution in [-0.4, -0.2) is 30.6 Å². The lowest BCUT2D eigenvalue weighted by Crippen LogP contribution is -2.41. The fourth-order valence-corrected chi connectivity index (χ4v) is 2.99. The molecule has 2 aliphatic rings. The van der Waals surface area contributed by atoms with Gasteiger partial charge in [0.15, 0.2) is 11.5 Å². The molecule has 2 aromatic carbocycles. The highest BCUT2D eigenvalue weighted by Gasteiger charge is 2.27. The molecule has 0 spiro atoms. The number of hydrogen-bond donors (Lipinski definition) is 3. The first kappa shape index (κ1) is 16.9. The number of fused-ring (bicyclic) bond motifs is 2. The van der Waals surface area contributed by atoms with Crippen molar-refractivity contribution in [3.05, 3.63) is 48.0 Å². The monoisotopic (exact) mass is 367 g/mol. The molecule has 2 heterocycles. The molecule has 0 aliphatic carbocycles. The maximum atomic E-state index is 12.3. The quantitative estimate of drug-likeness (QED) is 0.765. The first-order chi connectivity index (χ1) is 13.1. The third kappa shape index (κ3) is 3.55. The number of hydrogen-bond acceptors (Lipinski definition) is 5. The molecule has 0 fully saturated rings. The van der Waals surface area contributed by atoms with Crippen LogP contribution in [0.1, 0.15) is 23.2 Å². The average molecular weight is 367 g/mol. The van der Waals surface area contributed by atoms with Gasteiger partial charge in [-0.2, -0.15) is 0 Å². The summed E-state index contributed by atoms with van der Waals surface area (Å²) in [4.78, 5) is 36.8. The van der Waals surface area contributed by atoms with Crippen LogP contribution in [0.5, 0.6) is 11.5 Å². The zero-order valence-electron chi connectivity index (χ0n) is 14.3. The summed E-state index contributed by atoms with van der Waals surface area (Å²) in [6.45, 7) is 0.158. The molecule has 8 heteroatoms. The predicted octanol–water partition coefficient (Wildman–Crippen LogP) is 1.88. The van der Waals surface area contributed by atoms with E-state index in [-0.39, 0.29) is 37.4 Å². The summed E-state index contributed by atoms with van der Waals surface area (Å²) in [6.07, 6.45) is 0.255. The highest BCUT2D eigenvalue weighted by Crippen LogP contribution is 2.34. The van der Waals surface area contributed by atoms with Gasteiger partial charge in [-0.25, -0.2) is 0 Å². The number of ether oxygens (including phenoxy) is 2. The van der Waals surface area contributed by atoms with Crippen LogP contribution in [-0.2, 0) is 9.59 Å². The minimum absolute atomic E-state index is 0.0726. The highest BCUT2D eigenvalue weighted by atomic mass is 16.7. The van der Waals surface area contributed by atoms with Crippen molar-refractivity contribution >= 4 is 29.1 Å². The van der Waals surface area contributed by atoms with Crippen molar-refractivity contribution in [2.75, 3.05) is 17.4 Å². The summed E-state index contributed by atoms with van der Waals surface area (Å²) in [6, 6.07) is 11.1. The molecule has 1 atom stereocenters. The van der Waals surface area contributed by atoms with Crippen LogP contribution in [0, 0.1) is 0 Å². The molecular weight excluding hydrogens is 350 g/mol. The lowest BCUT2D eigenvalue weighted by atomic mass is 10.1. The fraction of sp³-hybridized carbons (Fsp3) is 0.211. The van der Waals surface area contributed by atoms with E-state index in [1.807, 2.05) is 0 Å². The normalized spacial score (nSPS) is 17.4. The molecule has 0 aromatic heterocycles. The molecule has 0 bridgehead atoms. The Bertz CT molecular complexity index is 927. The van der Waals surface area contributed by atoms with Crippen LogP contribution in [0.15, 0.2) is 42.5 Å². The van der Waals surface area contributed by atoms with E-state index in [2.05, 4.69) is 16.0 Å². The van der Waals surface area contributed by atoms with Crippen molar-refractivity contribution in [1.29, 1.82) is 0 Å². The standard InChI is InChI=1S/C19H17N3O5/c23-17(20-11-5-7-15-16(9-11)27-10-26-15)8-6-14-19(25)21-13-4-2-1-3-12(13)18(24)22-14/h1-5,7,9,14H,6,8,10H2,(H,20,23)(H,21,25)(H,22,24)/t14-/m1/s1. The Morgan fingerprint density at radius 1 is 1.11 bits per heavy atom. The molecule has 3 amide bonds. The van der Waals surface area contributed by atoms with Gasteiger partial charge in [0.05, 0.1) is 11.3 Å². The summed E-state index contributed by atoms with van der Waals surface area (Å²) in [5, 5.41) is 8.14.